The second kappa shape index (κ2) is 8.03. The number of carbonyl (C=O) groups excluding carboxylic acids is 1. The van der Waals surface area contributed by atoms with E-state index >= 15 is 0 Å². The van der Waals surface area contributed by atoms with E-state index in [0.29, 0.717) is 13.0 Å². The number of likely N-dealkylation sites (tertiary alicyclic amines) is 1. The minimum atomic E-state index is 0.125. The highest BCUT2D eigenvalue weighted by molar-refractivity contribution is 5.76. The van der Waals surface area contributed by atoms with Gasteiger partial charge in [0.2, 0.25) is 5.91 Å². The number of carbonyl (C=O) groups is 1. The van der Waals surface area contributed by atoms with Gasteiger partial charge >= 0.3 is 0 Å². The van der Waals surface area contributed by atoms with E-state index in [1.54, 1.807) is 0 Å². The number of amides is 1. The van der Waals surface area contributed by atoms with Crippen LogP contribution in [0.1, 0.15) is 44.7 Å². The number of piperidine rings is 1. The molecular weight excluding hydrogens is 264 g/mol. The minimum Gasteiger partial charge on any atom is -0.494 e. The van der Waals surface area contributed by atoms with Gasteiger partial charge in [0.15, 0.2) is 0 Å². The molecule has 0 aromatic heterocycles. The number of nitrogens with one attached hydrogen (secondary N) is 1. The lowest BCUT2D eigenvalue weighted by Gasteiger charge is -2.31. The van der Waals surface area contributed by atoms with E-state index in [1.165, 1.54) is 0 Å². The van der Waals surface area contributed by atoms with E-state index in [1.807, 2.05) is 30.0 Å². The van der Waals surface area contributed by atoms with E-state index in [-0.39, 0.29) is 11.9 Å². The van der Waals surface area contributed by atoms with E-state index in [0.717, 1.165) is 43.8 Å². The summed E-state index contributed by atoms with van der Waals surface area (Å²) in [5.41, 5.74) is 1.14. The van der Waals surface area contributed by atoms with Crippen LogP contribution in [0.25, 0.3) is 0 Å². The van der Waals surface area contributed by atoms with Crippen LogP contribution >= 0.6 is 0 Å². The van der Waals surface area contributed by atoms with E-state index < -0.39 is 0 Å². The molecule has 1 aromatic carbocycles. The van der Waals surface area contributed by atoms with Crippen molar-refractivity contribution in [1.29, 1.82) is 0 Å². The Kier molecular flexibility index (Phi) is 6.05. The first kappa shape index (κ1) is 15.8. The molecule has 0 radical (unpaired) electrons. The largest absolute Gasteiger partial charge is 0.494 e. The van der Waals surface area contributed by atoms with E-state index in [2.05, 4.69) is 18.3 Å². The molecule has 1 saturated heterocycles. The Hall–Kier alpha value is -1.55. The van der Waals surface area contributed by atoms with Crippen molar-refractivity contribution in [3.63, 3.8) is 0 Å². The zero-order chi connectivity index (χ0) is 15.1. The van der Waals surface area contributed by atoms with Crippen molar-refractivity contribution in [2.45, 2.75) is 39.2 Å². The molecule has 1 aliphatic heterocycles. The average Bonchev–Trinajstić information content (AvgIpc) is 2.50. The summed E-state index contributed by atoms with van der Waals surface area (Å²) in [6.07, 6.45) is 2.82. The molecule has 1 heterocycles. The van der Waals surface area contributed by atoms with Crippen molar-refractivity contribution in [2.75, 3.05) is 26.2 Å². The number of rotatable bonds is 7. The fourth-order valence-electron chi connectivity index (χ4n) is 2.85. The molecule has 4 nitrogen and oxygen atoms in total. The van der Waals surface area contributed by atoms with Gasteiger partial charge in [0, 0.05) is 25.1 Å². The maximum absolute atomic E-state index is 12.0. The van der Waals surface area contributed by atoms with Crippen molar-refractivity contribution in [1.82, 2.24) is 10.2 Å². The van der Waals surface area contributed by atoms with Gasteiger partial charge in [-0.25, -0.2) is 0 Å². The SMILES string of the molecule is CCNC(CN1CCCCC1=O)c1ccccc1OCC. The lowest BCUT2D eigenvalue weighted by Crippen LogP contribution is -2.41. The highest BCUT2D eigenvalue weighted by atomic mass is 16.5. The summed E-state index contributed by atoms with van der Waals surface area (Å²) < 4.78 is 5.74. The molecule has 2 rings (SSSR count). The molecule has 0 saturated carbocycles. The normalized spacial score (nSPS) is 16.9. The summed E-state index contributed by atoms with van der Waals surface area (Å²) in [4.78, 5) is 14.0. The summed E-state index contributed by atoms with van der Waals surface area (Å²) >= 11 is 0. The molecule has 1 unspecified atom stereocenters. The first-order valence-corrected chi connectivity index (χ1v) is 7.99. The van der Waals surface area contributed by atoms with Crippen LogP contribution < -0.4 is 10.1 Å². The molecule has 1 amide bonds. The second-order valence-electron chi connectivity index (χ2n) is 5.38. The van der Waals surface area contributed by atoms with Crippen LogP contribution in [0.5, 0.6) is 5.75 Å². The van der Waals surface area contributed by atoms with Crippen LogP contribution in [0.2, 0.25) is 0 Å². The Balaban J connectivity index is 2.16. The van der Waals surface area contributed by atoms with Crippen LogP contribution in [0.4, 0.5) is 0 Å². The number of hydrogen-bond acceptors (Lipinski definition) is 3. The van der Waals surface area contributed by atoms with Crippen LogP contribution in [-0.2, 0) is 4.79 Å². The number of hydrogen-bond donors (Lipinski definition) is 1. The topological polar surface area (TPSA) is 41.6 Å². The molecule has 0 bridgehead atoms. The van der Waals surface area contributed by atoms with Gasteiger partial charge in [-0.1, -0.05) is 25.1 Å². The standard InChI is InChI=1S/C17H26N2O2/c1-3-18-15(13-19-12-8-7-11-17(19)20)14-9-5-6-10-16(14)21-4-2/h5-6,9-10,15,18H,3-4,7-8,11-13H2,1-2H3. The van der Waals surface area contributed by atoms with Crippen molar-refractivity contribution < 1.29 is 9.53 Å². The number of likely N-dealkylation sites (N-methyl/N-ethyl adjacent to an activating group) is 1. The van der Waals surface area contributed by atoms with Gasteiger partial charge in [-0.15, -0.1) is 0 Å². The monoisotopic (exact) mass is 290 g/mol. The maximum atomic E-state index is 12.0. The van der Waals surface area contributed by atoms with Crippen molar-refractivity contribution in [3.8, 4) is 5.75 Å². The third kappa shape index (κ3) is 4.21. The molecule has 21 heavy (non-hydrogen) atoms. The predicted octanol–water partition coefficient (Wildman–Crippen LogP) is 2.75. The van der Waals surface area contributed by atoms with Crippen molar-refractivity contribution in [3.05, 3.63) is 29.8 Å². The molecule has 0 spiro atoms. The van der Waals surface area contributed by atoms with Crippen LogP contribution in [-0.4, -0.2) is 37.0 Å². The summed E-state index contributed by atoms with van der Waals surface area (Å²) in [6, 6.07) is 8.23. The fraction of sp³-hybridized carbons (Fsp3) is 0.588. The zero-order valence-corrected chi connectivity index (χ0v) is 13.1. The van der Waals surface area contributed by atoms with Gasteiger partial charge < -0.3 is 15.0 Å². The zero-order valence-electron chi connectivity index (χ0n) is 13.1. The first-order valence-electron chi connectivity index (χ1n) is 7.99. The van der Waals surface area contributed by atoms with Gasteiger partial charge in [0.1, 0.15) is 5.75 Å². The van der Waals surface area contributed by atoms with Gasteiger partial charge in [-0.2, -0.15) is 0 Å². The van der Waals surface area contributed by atoms with E-state index in [4.69, 9.17) is 4.74 Å². The Morgan fingerprint density at radius 1 is 1.29 bits per heavy atom. The molecule has 1 aliphatic rings. The van der Waals surface area contributed by atoms with Crippen molar-refractivity contribution >= 4 is 5.91 Å². The Bertz CT molecular complexity index is 462. The molecular formula is C17H26N2O2. The fourth-order valence-corrected chi connectivity index (χ4v) is 2.85. The van der Waals surface area contributed by atoms with Crippen LogP contribution in [0, 0.1) is 0 Å². The van der Waals surface area contributed by atoms with Crippen LogP contribution in [0.15, 0.2) is 24.3 Å². The lowest BCUT2D eigenvalue weighted by molar-refractivity contribution is -0.133. The molecule has 1 aromatic rings. The summed E-state index contributed by atoms with van der Waals surface area (Å²) in [7, 11) is 0. The number of nitrogens with zero attached hydrogens (tertiary/aromatic N) is 1. The summed E-state index contributed by atoms with van der Waals surface area (Å²) in [5, 5.41) is 3.49. The highest BCUT2D eigenvalue weighted by Gasteiger charge is 2.23. The highest BCUT2D eigenvalue weighted by Crippen LogP contribution is 2.27. The summed E-state index contributed by atoms with van der Waals surface area (Å²) in [6.45, 7) is 7.20. The third-order valence-corrected chi connectivity index (χ3v) is 3.87. The minimum absolute atomic E-state index is 0.125. The number of para-hydroxylation sites is 1. The lowest BCUT2D eigenvalue weighted by atomic mass is 10.0. The van der Waals surface area contributed by atoms with Gasteiger partial charge in [-0.3, -0.25) is 4.79 Å². The average molecular weight is 290 g/mol. The smallest absolute Gasteiger partial charge is 0.222 e. The number of benzene rings is 1. The number of ether oxygens (including phenoxy) is 1. The molecule has 1 fully saturated rings. The quantitative estimate of drug-likeness (QED) is 0.839. The van der Waals surface area contributed by atoms with Gasteiger partial charge in [0.05, 0.1) is 12.6 Å². The van der Waals surface area contributed by atoms with Gasteiger partial charge in [-0.05, 0) is 32.4 Å². The first-order chi connectivity index (χ1) is 10.3. The molecule has 1 N–H and O–H groups in total. The van der Waals surface area contributed by atoms with Crippen molar-refractivity contribution in [2.24, 2.45) is 0 Å². The maximum Gasteiger partial charge on any atom is 0.222 e. The summed E-state index contributed by atoms with van der Waals surface area (Å²) in [5.74, 6) is 1.19. The molecule has 0 aliphatic carbocycles. The third-order valence-electron chi connectivity index (χ3n) is 3.87. The van der Waals surface area contributed by atoms with Gasteiger partial charge in [0.25, 0.3) is 0 Å². The Morgan fingerprint density at radius 2 is 2.10 bits per heavy atom. The Labute approximate surface area is 127 Å². The Morgan fingerprint density at radius 3 is 2.81 bits per heavy atom. The predicted molar refractivity (Wildman–Crippen MR) is 84.5 cm³/mol. The second-order valence-corrected chi connectivity index (χ2v) is 5.38. The van der Waals surface area contributed by atoms with Crippen LogP contribution in [0.3, 0.4) is 0 Å². The molecule has 4 heteroatoms. The molecule has 116 valence electrons. The van der Waals surface area contributed by atoms with E-state index in [9.17, 15) is 4.79 Å². The molecule has 1 atom stereocenters.